The molecule has 0 aliphatic carbocycles. The van der Waals surface area contributed by atoms with Gasteiger partial charge in [-0.3, -0.25) is 4.79 Å². The third-order valence-corrected chi connectivity index (χ3v) is 7.04. The van der Waals surface area contributed by atoms with E-state index in [9.17, 15) is 13.2 Å². The molecular formula is C23H22N4O3S2. The molecule has 164 valence electrons. The molecule has 4 rings (SSSR count). The van der Waals surface area contributed by atoms with Crippen LogP contribution in [-0.2, 0) is 27.7 Å². The van der Waals surface area contributed by atoms with Gasteiger partial charge in [-0.05, 0) is 36.1 Å². The molecule has 0 saturated heterocycles. The summed E-state index contributed by atoms with van der Waals surface area (Å²) >= 11 is 0.948. The number of aromatic nitrogens is 2. The Morgan fingerprint density at radius 3 is 2.28 bits per heavy atom. The number of hydrogen-bond acceptors (Lipinski definition) is 6. The molecule has 1 heterocycles. The first kappa shape index (κ1) is 22.1. The van der Waals surface area contributed by atoms with Crippen LogP contribution < -0.4 is 10.0 Å². The number of amides is 1. The van der Waals surface area contributed by atoms with Crippen LogP contribution in [-0.4, -0.2) is 35.7 Å². The van der Waals surface area contributed by atoms with Gasteiger partial charge in [0.05, 0.1) is 11.7 Å². The summed E-state index contributed by atoms with van der Waals surface area (Å²) in [5.41, 5.74) is 2.75. The van der Waals surface area contributed by atoms with Gasteiger partial charge in [-0.1, -0.05) is 66.7 Å². The first-order valence-corrected chi connectivity index (χ1v) is 12.3. The highest BCUT2D eigenvalue weighted by atomic mass is 32.2. The molecule has 0 fully saturated rings. The Labute approximate surface area is 190 Å². The van der Waals surface area contributed by atoms with E-state index in [1.54, 1.807) is 12.1 Å². The quantitative estimate of drug-likeness (QED) is 0.395. The lowest BCUT2D eigenvalue weighted by molar-refractivity contribution is -0.122. The highest BCUT2D eigenvalue weighted by Crippen LogP contribution is 2.21. The molecule has 3 aromatic carbocycles. The molecule has 1 aromatic heterocycles. The minimum absolute atomic E-state index is 0.0129. The van der Waals surface area contributed by atoms with Crippen LogP contribution in [0.25, 0.3) is 11.0 Å². The number of sulfonamides is 1. The molecule has 0 radical (unpaired) electrons. The number of fused-ring (bicyclic) bond motifs is 1. The smallest absolute Gasteiger partial charge is 0.243 e. The van der Waals surface area contributed by atoms with Crippen molar-refractivity contribution in [2.75, 3.05) is 6.54 Å². The number of hydrogen-bond donors (Lipinski definition) is 2. The largest absolute Gasteiger partial charge is 0.354 e. The van der Waals surface area contributed by atoms with Crippen LogP contribution in [0, 0.1) is 0 Å². The highest BCUT2D eigenvalue weighted by Gasteiger charge is 2.28. The van der Waals surface area contributed by atoms with E-state index in [0.29, 0.717) is 24.0 Å². The molecule has 0 aliphatic heterocycles. The molecule has 1 atom stereocenters. The van der Waals surface area contributed by atoms with Gasteiger partial charge in [-0.25, -0.2) is 8.42 Å². The predicted molar refractivity (Wildman–Crippen MR) is 125 cm³/mol. The summed E-state index contributed by atoms with van der Waals surface area (Å²) in [5.74, 6) is -0.378. The van der Waals surface area contributed by atoms with E-state index in [1.807, 2.05) is 60.7 Å². The number of rotatable bonds is 9. The summed E-state index contributed by atoms with van der Waals surface area (Å²) in [7, 11) is -4.00. The van der Waals surface area contributed by atoms with Crippen molar-refractivity contribution in [3.63, 3.8) is 0 Å². The van der Waals surface area contributed by atoms with E-state index in [0.717, 1.165) is 22.9 Å². The molecule has 0 saturated carbocycles. The summed E-state index contributed by atoms with van der Waals surface area (Å²) in [6, 6.07) is 22.9. The van der Waals surface area contributed by atoms with Gasteiger partial charge in [0.15, 0.2) is 0 Å². The minimum Gasteiger partial charge on any atom is -0.354 e. The Balaban J connectivity index is 1.53. The van der Waals surface area contributed by atoms with Gasteiger partial charge in [0.1, 0.15) is 22.0 Å². The van der Waals surface area contributed by atoms with Crippen LogP contribution in [0.15, 0.2) is 83.8 Å². The van der Waals surface area contributed by atoms with Crippen molar-refractivity contribution >= 4 is 38.7 Å². The molecule has 0 aliphatic rings. The standard InChI is InChI=1S/C23H22N4O3S2/c28-23(24-15-14-17-8-3-1-4-9-17)20(16-18-10-5-2-6-11-18)27-32(29,30)21-13-7-12-19-22(21)26-31-25-19/h1-13,20,27H,14-16H2,(H,24,28). The summed E-state index contributed by atoms with van der Waals surface area (Å²) in [6.07, 6.45) is 0.879. The fourth-order valence-corrected chi connectivity index (χ4v) is 5.35. The molecule has 2 N–H and O–H groups in total. The second-order valence-corrected chi connectivity index (χ2v) is 9.49. The Hall–Kier alpha value is -3.14. The van der Waals surface area contributed by atoms with E-state index < -0.39 is 16.1 Å². The van der Waals surface area contributed by atoms with Gasteiger partial charge in [0.25, 0.3) is 0 Å². The average molecular weight is 467 g/mol. The fourth-order valence-electron chi connectivity index (χ4n) is 3.38. The van der Waals surface area contributed by atoms with E-state index in [1.165, 1.54) is 6.07 Å². The number of nitrogens with zero attached hydrogens (tertiary/aromatic N) is 2. The Kier molecular flexibility index (Phi) is 6.89. The number of benzene rings is 3. The third-order valence-electron chi connectivity index (χ3n) is 4.99. The summed E-state index contributed by atoms with van der Waals surface area (Å²) in [5, 5.41) is 2.87. The molecule has 32 heavy (non-hydrogen) atoms. The van der Waals surface area contributed by atoms with Crippen LogP contribution in [0.2, 0.25) is 0 Å². The summed E-state index contributed by atoms with van der Waals surface area (Å²) in [6.45, 7) is 0.404. The maximum atomic E-state index is 13.2. The van der Waals surface area contributed by atoms with Crippen molar-refractivity contribution in [2.45, 2.75) is 23.8 Å². The second kappa shape index (κ2) is 9.99. The monoisotopic (exact) mass is 466 g/mol. The van der Waals surface area contributed by atoms with Crippen molar-refractivity contribution in [3.05, 3.63) is 90.0 Å². The zero-order valence-corrected chi connectivity index (χ0v) is 18.8. The van der Waals surface area contributed by atoms with Crippen molar-refractivity contribution in [2.24, 2.45) is 0 Å². The lowest BCUT2D eigenvalue weighted by Gasteiger charge is -2.19. The van der Waals surface area contributed by atoms with Crippen LogP contribution in [0.1, 0.15) is 11.1 Å². The van der Waals surface area contributed by atoms with E-state index in [-0.39, 0.29) is 17.2 Å². The summed E-state index contributed by atoms with van der Waals surface area (Å²) < 4.78 is 37.2. The van der Waals surface area contributed by atoms with Gasteiger partial charge in [0, 0.05) is 6.54 Å². The van der Waals surface area contributed by atoms with Gasteiger partial charge in [0.2, 0.25) is 15.9 Å². The molecule has 4 aromatic rings. The zero-order chi connectivity index (χ0) is 22.4. The molecule has 0 spiro atoms. The third kappa shape index (κ3) is 5.37. The Morgan fingerprint density at radius 1 is 0.875 bits per heavy atom. The van der Waals surface area contributed by atoms with E-state index >= 15 is 0 Å². The highest BCUT2D eigenvalue weighted by molar-refractivity contribution is 7.89. The van der Waals surface area contributed by atoms with Crippen molar-refractivity contribution in [3.8, 4) is 0 Å². The Bertz CT molecular complexity index is 1290. The van der Waals surface area contributed by atoms with Crippen molar-refractivity contribution in [1.29, 1.82) is 0 Å². The van der Waals surface area contributed by atoms with Gasteiger partial charge >= 0.3 is 0 Å². The second-order valence-electron chi connectivity index (χ2n) is 7.28. The van der Waals surface area contributed by atoms with Gasteiger partial charge in [-0.15, -0.1) is 0 Å². The average Bonchev–Trinajstić information content (AvgIpc) is 3.29. The predicted octanol–water partition coefficient (Wildman–Crippen LogP) is 2.94. The van der Waals surface area contributed by atoms with Crippen LogP contribution in [0.3, 0.4) is 0 Å². The van der Waals surface area contributed by atoms with Gasteiger partial charge < -0.3 is 5.32 Å². The maximum Gasteiger partial charge on any atom is 0.243 e. The van der Waals surface area contributed by atoms with Crippen molar-refractivity contribution in [1.82, 2.24) is 18.8 Å². The van der Waals surface area contributed by atoms with Gasteiger partial charge in [-0.2, -0.15) is 13.5 Å². The molecular weight excluding hydrogens is 444 g/mol. The SMILES string of the molecule is O=C(NCCc1ccccc1)C(Cc1ccccc1)NS(=O)(=O)c1cccc2nsnc12. The maximum absolute atomic E-state index is 13.2. The van der Waals surface area contributed by atoms with Crippen LogP contribution in [0.5, 0.6) is 0 Å². The first-order valence-electron chi connectivity index (χ1n) is 10.1. The first-order chi connectivity index (χ1) is 15.5. The normalized spacial score (nSPS) is 12.5. The van der Waals surface area contributed by atoms with Crippen LogP contribution >= 0.6 is 11.7 Å². The fraction of sp³-hybridized carbons (Fsp3) is 0.174. The molecule has 0 bridgehead atoms. The lowest BCUT2D eigenvalue weighted by Crippen LogP contribution is -2.48. The zero-order valence-electron chi connectivity index (χ0n) is 17.1. The molecule has 1 amide bonds. The minimum atomic E-state index is -4.00. The van der Waals surface area contributed by atoms with E-state index in [4.69, 9.17) is 0 Å². The molecule has 7 nitrogen and oxygen atoms in total. The summed E-state index contributed by atoms with van der Waals surface area (Å²) in [4.78, 5) is 13.0. The number of nitrogens with one attached hydrogen (secondary N) is 2. The van der Waals surface area contributed by atoms with Crippen molar-refractivity contribution < 1.29 is 13.2 Å². The topological polar surface area (TPSA) is 101 Å². The Morgan fingerprint density at radius 2 is 1.56 bits per heavy atom. The number of carbonyl (C=O) groups is 1. The van der Waals surface area contributed by atoms with Crippen LogP contribution in [0.4, 0.5) is 0 Å². The lowest BCUT2D eigenvalue weighted by atomic mass is 10.1. The molecule has 1 unspecified atom stereocenters. The molecule has 9 heteroatoms. The number of carbonyl (C=O) groups excluding carboxylic acids is 1. The van der Waals surface area contributed by atoms with E-state index in [2.05, 4.69) is 18.8 Å².